The Labute approximate surface area is 182 Å². The third-order valence-corrected chi connectivity index (χ3v) is 5.97. The first-order chi connectivity index (χ1) is 14.9. The molecule has 0 aliphatic carbocycles. The van der Waals surface area contributed by atoms with Gasteiger partial charge in [-0.15, -0.1) is 0 Å². The van der Waals surface area contributed by atoms with Crippen molar-refractivity contribution < 1.29 is 27.4 Å². The van der Waals surface area contributed by atoms with E-state index in [-0.39, 0.29) is 23.8 Å². The molecule has 1 aromatic heterocycles. The summed E-state index contributed by atoms with van der Waals surface area (Å²) in [6.45, 7) is 5.36. The second-order valence-electron chi connectivity index (χ2n) is 6.92. The van der Waals surface area contributed by atoms with Crippen LogP contribution in [0.15, 0.2) is 35.2 Å². The molecule has 1 aliphatic heterocycles. The fourth-order valence-electron chi connectivity index (χ4n) is 2.98. The lowest BCUT2D eigenvalue weighted by Crippen LogP contribution is -2.26. The Morgan fingerprint density at radius 1 is 1.16 bits per heavy atom. The summed E-state index contributed by atoms with van der Waals surface area (Å²) in [5.74, 6) is 1.80. The van der Waals surface area contributed by atoms with Crippen LogP contribution in [0.1, 0.15) is 31.9 Å². The van der Waals surface area contributed by atoms with Crippen LogP contribution in [0.25, 0.3) is 0 Å². The molecular formula is C21H27N3O6S. The lowest BCUT2D eigenvalue weighted by molar-refractivity contribution is -0.116. The maximum Gasteiger partial charge on any atom is 0.240 e. The van der Waals surface area contributed by atoms with Crippen molar-refractivity contribution in [2.45, 2.75) is 38.0 Å². The van der Waals surface area contributed by atoms with E-state index in [0.29, 0.717) is 55.0 Å². The molecule has 2 N–H and O–H groups in total. The van der Waals surface area contributed by atoms with Crippen molar-refractivity contribution in [2.75, 3.05) is 31.7 Å². The lowest BCUT2D eigenvalue weighted by Gasteiger charge is -2.11. The number of hydrogen-bond acceptors (Lipinski definition) is 7. The molecule has 1 amide bonds. The molecule has 31 heavy (non-hydrogen) atoms. The van der Waals surface area contributed by atoms with Crippen LogP contribution in [-0.2, 0) is 14.8 Å². The average molecular weight is 450 g/mol. The SMILES string of the molecule is CCOc1ccc(NC(=O)CCCNS(=O)(=O)c2ccc3c(c2)OCCCO3)nc1C. The van der Waals surface area contributed by atoms with Gasteiger partial charge in [-0.25, -0.2) is 18.1 Å². The van der Waals surface area contributed by atoms with E-state index in [0.717, 1.165) is 6.42 Å². The molecule has 0 spiro atoms. The number of nitrogens with one attached hydrogen (secondary N) is 2. The number of fused-ring (bicyclic) bond motifs is 1. The Morgan fingerprint density at radius 3 is 2.68 bits per heavy atom. The van der Waals surface area contributed by atoms with Crippen molar-refractivity contribution in [3.8, 4) is 17.2 Å². The highest BCUT2D eigenvalue weighted by Crippen LogP contribution is 2.31. The molecular weight excluding hydrogens is 422 g/mol. The van der Waals surface area contributed by atoms with Gasteiger partial charge in [-0.1, -0.05) is 0 Å². The summed E-state index contributed by atoms with van der Waals surface area (Å²) in [7, 11) is -3.72. The van der Waals surface area contributed by atoms with Crippen molar-refractivity contribution in [3.05, 3.63) is 36.0 Å². The molecule has 168 valence electrons. The van der Waals surface area contributed by atoms with Gasteiger partial charge in [0.25, 0.3) is 0 Å². The molecule has 0 radical (unpaired) electrons. The van der Waals surface area contributed by atoms with Crippen LogP contribution >= 0.6 is 0 Å². The monoisotopic (exact) mass is 449 g/mol. The van der Waals surface area contributed by atoms with Crippen molar-refractivity contribution >= 4 is 21.7 Å². The van der Waals surface area contributed by atoms with Crippen LogP contribution in [0.4, 0.5) is 5.82 Å². The van der Waals surface area contributed by atoms with Crippen molar-refractivity contribution in [1.29, 1.82) is 0 Å². The molecule has 2 aromatic rings. The molecule has 0 saturated heterocycles. The van der Waals surface area contributed by atoms with Gasteiger partial charge in [0, 0.05) is 25.5 Å². The van der Waals surface area contributed by atoms with Crippen LogP contribution in [0.3, 0.4) is 0 Å². The first-order valence-corrected chi connectivity index (χ1v) is 11.7. The van der Waals surface area contributed by atoms with E-state index in [9.17, 15) is 13.2 Å². The highest BCUT2D eigenvalue weighted by molar-refractivity contribution is 7.89. The quantitative estimate of drug-likeness (QED) is 0.566. The molecule has 2 heterocycles. The fraction of sp³-hybridized carbons (Fsp3) is 0.429. The standard InChI is InChI=1S/C21H27N3O6S/c1-3-28-17-9-10-20(23-15(17)2)24-21(25)6-4-11-22-31(26,27)16-7-8-18-19(14-16)30-13-5-12-29-18/h7-10,14,22H,3-6,11-13H2,1-2H3,(H,23,24,25). The van der Waals surface area contributed by atoms with Gasteiger partial charge in [-0.05, 0) is 44.5 Å². The largest absolute Gasteiger partial charge is 0.492 e. The number of aryl methyl sites for hydroxylation is 1. The highest BCUT2D eigenvalue weighted by Gasteiger charge is 2.18. The Balaban J connectivity index is 1.48. The number of rotatable bonds is 9. The average Bonchev–Trinajstić information content (AvgIpc) is 2.98. The molecule has 0 saturated carbocycles. The molecule has 1 aromatic carbocycles. The second kappa shape index (κ2) is 10.5. The predicted molar refractivity (Wildman–Crippen MR) is 115 cm³/mol. The molecule has 9 nitrogen and oxygen atoms in total. The summed E-state index contributed by atoms with van der Waals surface area (Å²) in [6.07, 6.45) is 1.23. The lowest BCUT2D eigenvalue weighted by atomic mass is 10.3. The maximum atomic E-state index is 12.5. The molecule has 10 heteroatoms. The topological polar surface area (TPSA) is 116 Å². The van der Waals surface area contributed by atoms with Crippen LogP contribution in [-0.4, -0.2) is 45.7 Å². The summed E-state index contributed by atoms with van der Waals surface area (Å²) in [4.78, 5) is 16.5. The smallest absolute Gasteiger partial charge is 0.240 e. The first-order valence-electron chi connectivity index (χ1n) is 10.2. The van der Waals surface area contributed by atoms with E-state index >= 15 is 0 Å². The molecule has 0 fully saturated rings. The number of pyridine rings is 1. The number of aromatic nitrogens is 1. The van der Waals surface area contributed by atoms with Gasteiger partial charge < -0.3 is 19.5 Å². The zero-order chi connectivity index (χ0) is 22.3. The minimum absolute atomic E-state index is 0.0928. The third kappa shape index (κ3) is 6.31. The van der Waals surface area contributed by atoms with E-state index in [1.165, 1.54) is 12.1 Å². The molecule has 0 unspecified atom stereocenters. The summed E-state index contributed by atoms with van der Waals surface area (Å²) < 4.78 is 44.1. The Bertz CT molecular complexity index is 1030. The number of sulfonamides is 1. The van der Waals surface area contributed by atoms with E-state index in [4.69, 9.17) is 14.2 Å². The van der Waals surface area contributed by atoms with Gasteiger partial charge in [0.2, 0.25) is 15.9 Å². The predicted octanol–water partition coefficient (Wildman–Crippen LogP) is 2.65. The van der Waals surface area contributed by atoms with E-state index in [2.05, 4.69) is 15.0 Å². The molecule has 0 atom stereocenters. The number of ether oxygens (including phenoxy) is 3. The van der Waals surface area contributed by atoms with Gasteiger partial charge >= 0.3 is 0 Å². The fourth-order valence-corrected chi connectivity index (χ4v) is 4.07. The second-order valence-corrected chi connectivity index (χ2v) is 8.69. The minimum atomic E-state index is -3.72. The van der Waals surface area contributed by atoms with Crippen molar-refractivity contribution in [2.24, 2.45) is 0 Å². The highest BCUT2D eigenvalue weighted by atomic mass is 32.2. The van der Waals surface area contributed by atoms with E-state index < -0.39 is 10.0 Å². The number of carbonyl (C=O) groups excluding carboxylic acids is 1. The number of nitrogens with zero attached hydrogens (tertiary/aromatic N) is 1. The van der Waals surface area contributed by atoms with Crippen LogP contribution in [0.5, 0.6) is 17.2 Å². The van der Waals surface area contributed by atoms with E-state index in [1.807, 2.05) is 6.92 Å². The van der Waals surface area contributed by atoms with Crippen LogP contribution < -0.4 is 24.2 Å². The Kier molecular flexibility index (Phi) is 7.69. The number of benzene rings is 1. The molecule has 1 aliphatic rings. The number of hydrogen-bond donors (Lipinski definition) is 2. The summed E-state index contributed by atoms with van der Waals surface area (Å²) >= 11 is 0. The van der Waals surface area contributed by atoms with Gasteiger partial charge in [0.15, 0.2) is 11.5 Å². The van der Waals surface area contributed by atoms with Gasteiger partial charge in [-0.3, -0.25) is 4.79 Å². The minimum Gasteiger partial charge on any atom is -0.492 e. The molecule has 3 rings (SSSR count). The van der Waals surface area contributed by atoms with Crippen molar-refractivity contribution in [3.63, 3.8) is 0 Å². The number of amides is 1. The summed E-state index contributed by atoms with van der Waals surface area (Å²) in [6, 6.07) is 7.94. The Morgan fingerprint density at radius 2 is 1.94 bits per heavy atom. The van der Waals surface area contributed by atoms with E-state index in [1.54, 1.807) is 25.1 Å². The molecule has 0 bridgehead atoms. The first kappa shape index (κ1) is 22.8. The Hall–Kier alpha value is -2.85. The van der Waals surface area contributed by atoms with Gasteiger partial charge in [0.05, 0.1) is 30.4 Å². The zero-order valence-electron chi connectivity index (χ0n) is 17.6. The third-order valence-electron chi connectivity index (χ3n) is 4.51. The van der Waals surface area contributed by atoms with Gasteiger partial charge in [0.1, 0.15) is 11.6 Å². The summed E-state index contributed by atoms with van der Waals surface area (Å²) in [5.41, 5.74) is 0.683. The number of carbonyl (C=O) groups is 1. The summed E-state index contributed by atoms with van der Waals surface area (Å²) in [5, 5.41) is 2.71. The maximum absolute atomic E-state index is 12.5. The van der Waals surface area contributed by atoms with Gasteiger partial charge in [-0.2, -0.15) is 0 Å². The van der Waals surface area contributed by atoms with Crippen LogP contribution in [0.2, 0.25) is 0 Å². The van der Waals surface area contributed by atoms with Crippen LogP contribution in [0, 0.1) is 6.92 Å². The zero-order valence-corrected chi connectivity index (χ0v) is 18.5. The normalized spacial score (nSPS) is 13.4. The van der Waals surface area contributed by atoms with Crippen molar-refractivity contribution in [1.82, 2.24) is 9.71 Å². The number of anilines is 1.